The zero-order valence-corrected chi connectivity index (χ0v) is 22.9. The molecule has 1 aromatic carbocycles. The smallest absolute Gasteiger partial charge is 0.307 e. The summed E-state index contributed by atoms with van der Waals surface area (Å²) in [6.45, 7) is 14.3. The third-order valence-electron chi connectivity index (χ3n) is 6.08. The molecule has 36 heavy (non-hydrogen) atoms. The average molecular weight is 500 g/mol. The Morgan fingerprint density at radius 2 is 1.97 bits per heavy atom. The summed E-state index contributed by atoms with van der Waals surface area (Å²) in [6.07, 6.45) is 12.8. The van der Waals surface area contributed by atoms with Crippen LogP contribution in [0.1, 0.15) is 70.9 Å². The molecule has 1 aliphatic rings. The van der Waals surface area contributed by atoms with Crippen molar-refractivity contribution in [2.45, 2.75) is 85.2 Å². The predicted molar refractivity (Wildman–Crippen MR) is 148 cm³/mol. The van der Waals surface area contributed by atoms with Gasteiger partial charge >= 0.3 is 5.97 Å². The van der Waals surface area contributed by atoms with Crippen LogP contribution in [0.3, 0.4) is 0 Å². The first kappa shape index (κ1) is 31.4. The molecule has 2 N–H and O–H groups in total. The molecule has 2 atom stereocenters. The monoisotopic (exact) mass is 499 g/mol. The Hall–Kier alpha value is -2.67. The molecule has 1 aromatic heterocycles. The van der Waals surface area contributed by atoms with Crippen LogP contribution in [0.15, 0.2) is 60.7 Å². The van der Waals surface area contributed by atoms with E-state index in [9.17, 15) is 9.90 Å². The van der Waals surface area contributed by atoms with Gasteiger partial charge in [0.25, 0.3) is 0 Å². The van der Waals surface area contributed by atoms with Crippen molar-refractivity contribution in [1.82, 2.24) is 4.57 Å². The molecule has 6 heteroatoms. The van der Waals surface area contributed by atoms with Gasteiger partial charge in [0, 0.05) is 24.8 Å². The standard InChI is InChI=1S/C17H19NO3.C7H14O.C6H12O/c1-4-6-11(2)17(21)18-12(3)9-14-13(10-16(19)20)7-5-8-15(14)18;1-2-8-7-5-3-4-6-7;1-4-5-6(2)7-3/h4-9,17,21H,1,10H2,2-3H3,(H,19,20);7H,2-6H2,1H3;4-6H,1-3H3/b11-6+;;5-4-. The summed E-state index contributed by atoms with van der Waals surface area (Å²) in [4.78, 5) is 11.0. The van der Waals surface area contributed by atoms with Crippen LogP contribution in [0.5, 0.6) is 0 Å². The van der Waals surface area contributed by atoms with Gasteiger partial charge in [0.05, 0.1) is 24.1 Å². The first-order valence-electron chi connectivity index (χ1n) is 12.8. The molecule has 2 aromatic rings. The molecule has 0 aliphatic heterocycles. The molecule has 0 spiro atoms. The number of aryl methyl sites for hydroxylation is 1. The highest BCUT2D eigenvalue weighted by Crippen LogP contribution is 2.29. The van der Waals surface area contributed by atoms with E-state index in [4.69, 9.17) is 14.6 Å². The van der Waals surface area contributed by atoms with Gasteiger partial charge in [0.2, 0.25) is 0 Å². The number of ether oxygens (including phenoxy) is 2. The number of carboxylic acids is 1. The number of aromatic nitrogens is 1. The third kappa shape index (κ3) is 10.1. The first-order chi connectivity index (χ1) is 17.2. The van der Waals surface area contributed by atoms with E-state index in [0.29, 0.717) is 6.10 Å². The van der Waals surface area contributed by atoms with Gasteiger partial charge < -0.3 is 24.3 Å². The number of hydrogen-bond acceptors (Lipinski definition) is 4. The van der Waals surface area contributed by atoms with Gasteiger partial charge in [-0.2, -0.15) is 0 Å². The molecule has 0 bridgehead atoms. The van der Waals surface area contributed by atoms with E-state index in [2.05, 4.69) is 13.5 Å². The number of rotatable bonds is 9. The summed E-state index contributed by atoms with van der Waals surface area (Å²) >= 11 is 0. The molecule has 1 fully saturated rings. The van der Waals surface area contributed by atoms with E-state index in [0.717, 1.165) is 34.3 Å². The SMILES string of the molecule is C/C=C\C(C)OC.C=C/C=C(\C)C(O)n1c(C)cc2c(CC(=O)O)cccc21.CCOC1CCCC1. The second kappa shape index (κ2) is 16.9. The highest BCUT2D eigenvalue weighted by Gasteiger charge is 2.17. The molecule has 0 amide bonds. The molecule has 1 aliphatic carbocycles. The van der Waals surface area contributed by atoms with Crippen LogP contribution in [0.4, 0.5) is 0 Å². The van der Waals surface area contributed by atoms with Gasteiger partial charge in [-0.05, 0) is 70.7 Å². The number of allylic oxidation sites excluding steroid dienone is 3. The summed E-state index contributed by atoms with van der Waals surface area (Å²) in [5.74, 6) is -0.865. The Kier molecular flexibility index (Phi) is 14.7. The lowest BCUT2D eigenvalue weighted by atomic mass is 10.1. The van der Waals surface area contributed by atoms with E-state index in [1.165, 1.54) is 25.7 Å². The fourth-order valence-corrected chi connectivity index (χ4v) is 4.20. The number of benzene rings is 1. The van der Waals surface area contributed by atoms with E-state index in [1.807, 2.05) is 58.0 Å². The second-order valence-electron chi connectivity index (χ2n) is 8.92. The van der Waals surface area contributed by atoms with Crippen molar-refractivity contribution in [3.63, 3.8) is 0 Å². The summed E-state index contributed by atoms with van der Waals surface area (Å²) in [6, 6.07) is 7.42. The van der Waals surface area contributed by atoms with Crippen LogP contribution >= 0.6 is 0 Å². The molecular formula is C30H45NO5. The van der Waals surface area contributed by atoms with Crippen molar-refractivity contribution in [2.24, 2.45) is 0 Å². The van der Waals surface area contributed by atoms with Crippen LogP contribution in [0, 0.1) is 6.92 Å². The van der Waals surface area contributed by atoms with Crippen molar-refractivity contribution in [1.29, 1.82) is 0 Å². The Bertz CT molecular complexity index is 998. The molecular weight excluding hydrogens is 454 g/mol. The lowest BCUT2D eigenvalue weighted by Crippen LogP contribution is -2.10. The molecule has 0 radical (unpaired) electrons. The quantitative estimate of drug-likeness (QED) is 0.294. The third-order valence-corrected chi connectivity index (χ3v) is 6.08. The molecule has 200 valence electrons. The largest absolute Gasteiger partial charge is 0.481 e. The highest BCUT2D eigenvalue weighted by atomic mass is 16.5. The highest BCUT2D eigenvalue weighted by molar-refractivity contribution is 5.88. The van der Waals surface area contributed by atoms with Crippen molar-refractivity contribution < 1.29 is 24.5 Å². The maximum absolute atomic E-state index is 11.0. The zero-order chi connectivity index (χ0) is 27.1. The fraction of sp³-hybridized carbons (Fsp3) is 0.500. The summed E-state index contributed by atoms with van der Waals surface area (Å²) in [5, 5.41) is 20.3. The fourth-order valence-electron chi connectivity index (χ4n) is 4.20. The molecule has 6 nitrogen and oxygen atoms in total. The number of aliphatic hydroxyl groups is 1. The van der Waals surface area contributed by atoms with Gasteiger partial charge in [-0.1, -0.05) is 55.9 Å². The topological polar surface area (TPSA) is 80.9 Å². The lowest BCUT2D eigenvalue weighted by Gasteiger charge is -2.17. The molecule has 2 unspecified atom stereocenters. The normalized spacial score (nSPS) is 15.7. The Balaban J connectivity index is 0.000000353. The zero-order valence-electron chi connectivity index (χ0n) is 22.9. The van der Waals surface area contributed by atoms with E-state index < -0.39 is 12.2 Å². The average Bonchev–Trinajstić information content (AvgIpc) is 3.47. The number of aliphatic hydroxyl groups excluding tert-OH is 1. The van der Waals surface area contributed by atoms with Crippen molar-refractivity contribution in [3.8, 4) is 0 Å². The number of nitrogens with zero attached hydrogens (tertiary/aromatic N) is 1. The minimum atomic E-state index is -0.865. The van der Waals surface area contributed by atoms with Crippen LogP contribution in [-0.4, -0.2) is 46.7 Å². The van der Waals surface area contributed by atoms with Gasteiger partial charge in [-0.25, -0.2) is 0 Å². The maximum Gasteiger partial charge on any atom is 0.307 e. The van der Waals surface area contributed by atoms with E-state index in [-0.39, 0.29) is 12.5 Å². The number of carbonyl (C=O) groups is 1. The number of fused-ring (bicyclic) bond motifs is 1. The number of hydrogen-bond donors (Lipinski definition) is 2. The summed E-state index contributed by atoms with van der Waals surface area (Å²) in [5.41, 5.74) is 3.23. The van der Waals surface area contributed by atoms with Gasteiger partial charge in [-0.3, -0.25) is 4.79 Å². The van der Waals surface area contributed by atoms with Crippen LogP contribution in [0.2, 0.25) is 0 Å². The van der Waals surface area contributed by atoms with Gasteiger partial charge in [0.1, 0.15) is 0 Å². The summed E-state index contributed by atoms with van der Waals surface area (Å²) in [7, 11) is 1.70. The molecule has 1 saturated carbocycles. The summed E-state index contributed by atoms with van der Waals surface area (Å²) < 4.78 is 12.1. The predicted octanol–water partition coefficient (Wildman–Crippen LogP) is 6.76. The number of carboxylic acid groups (broad SMARTS) is 1. The molecule has 1 heterocycles. The van der Waals surface area contributed by atoms with Crippen molar-refractivity contribution >= 4 is 16.9 Å². The van der Waals surface area contributed by atoms with Gasteiger partial charge in [0.15, 0.2) is 6.23 Å². The Labute approximate surface area is 216 Å². The first-order valence-corrected chi connectivity index (χ1v) is 12.8. The van der Waals surface area contributed by atoms with E-state index in [1.54, 1.807) is 29.9 Å². The Morgan fingerprint density at radius 1 is 1.31 bits per heavy atom. The second-order valence-corrected chi connectivity index (χ2v) is 8.92. The number of aliphatic carboxylic acids is 1. The molecule has 3 rings (SSSR count). The van der Waals surface area contributed by atoms with Crippen LogP contribution in [-0.2, 0) is 20.7 Å². The lowest BCUT2D eigenvalue weighted by molar-refractivity contribution is -0.136. The van der Waals surface area contributed by atoms with Crippen LogP contribution < -0.4 is 0 Å². The number of methoxy groups -OCH3 is 1. The maximum atomic E-state index is 11.0. The molecule has 0 saturated heterocycles. The van der Waals surface area contributed by atoms with Crippen molar-refractivity contribution in [2.75, 3.05) is 13.7 Å². The van der Waals surface area contributed by atoms with Crippen LogP contribution in [0.25, 0.3) is 10.9 Å². The van der Waals surface area contributed by atoms with Gasteiger partial charge in [-0.15, -0.1) is 0 Å². The van der Waals surface area contributed by atoms with Crippen molar-refractivity contribution in [3.05, 3.63) is 72.0 Å². The Morgan fingerprint density at radius 3 is 2.47 bits per heavy atom. The minimum Gasteiger partial charge on any atom is -0.481 e. The minimum absolute atomic E-state index is 0.0294. The van der Waals surface area contributed by atoms with E-state index >= 15 is 0 Å².